The van der Waals surface area contributed by atoms with Crippen LogP contribution in [0.25, 0.3) is 0 Å². The van der Waals surface area contributed by atoms with E-state index in [-0.39, 0.29) is 0 Å². The standard InChI is InChI=1S/C14H24/c1-3-4-5-7-10-13(2)14-11-8-6-9-12-14/h4-5,11,13H,3,6-10,12H2,1-2H3/b5-4+. The van der Waals surface area contributed by atoms with Crippen molar-refractivity contribution in [2.75, 3.05) is 0 Å². The quantitative estimate of drug-likeness (QED) is 0.545. The van der Waals surface area contributed by atoms with Crippen molar-refractivity contribution < 1.29 is 0 Å². The van der Waals surface area contributed by atoms with Crippen LogP contribution in [0.5, 0.6) is 0 Å². The fourth-order valence-corrected chi connectivity index (χ4v) is 2.13. The van der Waals surface area contributed by atoms with Crippen LogP contribution < -0.4 is 0 Å². The summed E-state index contributed by atoms with van der Waals surface area (Å²) in [5.41, 5.74) is 1.72. The normalized spacial score (nSPS) is 19.7. The Labute approximate surface area is 89.1 Å². The molecule has 1 rings (SSSR count). The second-order valence-electron chi connectivity index (χ2n) is 4.38. The number of rotatable bonds is 5. The predicted octanol–water partition coefficient (Wildman–Crippen LogP) is 4.87. The van der Waals surface area contributed by atoms with Crippen LogP contribution in [0.1, 0.15) is 58.8 Å². The maximum absolute atomic E-state index is 2.48. The van der Waals surface area contributed by atoms with Crippen molar-refractivity contribution in [3.63, 3.8) is 0 Å². The molecule has 0 saturated carbocycles. The zero-order chi connectivity index (χ0) is 10.2. The highest BCUT2D eigenvalue weighted by atomic mass is 14.2. The van der Waals surface area contributed by atoms with E-state index in [4.69, 9.17) is 0 Å². The maximum Gasteiger partial charge on any atom is -0.0229 e. The molecule has 1 aliphatic rings. The fraction of sp³-hybridized carbons (Fsp3) is 0.714. The van der Waals surface area contributed by atoms with Gasteiger partial charge in [0.15, 0.2) is 0 Å². The minimum absolute atomic E-state index is 0.816. The smallest absolute Gasteiger partial charge is 0.0229 e. The molecule has 1 atom stereocenters. The van der Waals surface area contributed by atoms with E-state index in [0.29, 0.717) is 0 Å². The van der Waals surface area contributed by atoms with Gasteiger partial charge in [0.1, 0.15) is 0 Å². The van der Waals surface area contributed by atoms with E-state index in [2.05, 4.69) is 32.1 Å². The van der Waals surface area contributed by atoms with Gasteiger partial charge >= 0.3 is 0 Å². The van der Waals surface area contributed by atoms with Gasteiger partial charge in [-0.25, -0.2) is 0 Å². The molecule has 0 bridgehead atoms. The Morgan fingerprint density at radius 2 is 2.21 bits per heavy atom. The molecule has 0 aromatic rings. The maximum atomic E-state index is 2.48. The van der Waals surface area contributed by atoms with Crippen molar-refractivity contribution in [3.8, 4) is 0 Å². The molecule has 1 aliphatic carbocycles. The third-order valence-corrected chi connectivity index (χ3v) is 3.13. The summed E-state index contributed by atoms with van der Waals surface area (Å²) in [6.45, 7) is 4.58. The predicted molar refractivity (Wildman–Crippen MR) is 64.4 cm³/mol. The van der Waals surface area contributed by atoms with Crippen LogP contribution in [-0.4, -0.2) is 0 Å². The molecule has 14 heavy (non-hydrogen) atoms. The highest BCUT2D eigenvalue weighted by molar-refractivity contribution is 5.08. The molecule has 0 heteroatoms. The van der Waals surface area contributed by atoms with Crippen LogP contribution in [0.2, 0.25) is 0 Å². The van der Waals surface area contributed by atoms with E-state index in [1.54, 1.807) is 5.57 Å². The average Bonchev–Trinajstić information content (AvgIpc) is 2.25. The lowest BCUT2D eigenvalue weighted by Gasteiger charge is -2.18. The monoisotopic (exact) mass is 192 g/mol. The first-order chi connectivity index (χ1) is 6.84. The first-order valence-electron chi connectivity index (χ1n) is 6.18. The van der Waals surface area contributed by atoms with Crippen LogP contribution in [0.4, 0.5) is 0 Å². The van der Waals surface area contributed by atoms with Gasteiger partial charge in [0, 0.05) is 0 Å². The van der Waals surface area contributed by atoms with Crippen molar-refractivity contribution in [2.45, 2.75) is 58.8 Å². The molecule has 0 heterocycles. The van der Waals surface area contributed by atoms with Gasteiger partial charge in [-0.15, -0.1) is 0 Å². The van der Waals surface area contributed by atoms with Gasteiger partial charge in [-0.1, -0.05) is 37.6 Å². The van der Waals surface area contributed by atoms with Crippen molar-refractivity contribution in [2.24, 2.45) is 5.92 Å². The number of allylic oxidation sites excluding steroid dienone is 4. The van der Waals surface area contributed by atoms with Gasteiger partial charge in [0.25, 0.3) is 0 Å². The molecule has 0 nitrogen and oxygen atoms in total. The molecule has 0 radical (unpaired) electrons. The summed E-state index contributed by atoms with van der Waals surface area (Å²) in [5, 5.41) is 0. The largest absolute Gasteiger partial charge is 0.0888 e. The van der Waals surface area contributed by atoms with Crippen LogP contribution in [0.3, 0.4) is 0 Å². The molecule has 0 saturated heterocycles. The SMILES string of the molecule is CC/C=C/CCC(C)C1=CCCCC1. The summed E-state index contributed by atoms with van der Waals surface area (Å²) < 4.78 is 0. The van der Waals surface area contributed by atoms with Gasteiger partial charge in [0.2, 0.25) is 0 Å². The van der Waals surface area contributed by atoms with Crippen LogP contribution in [-0.2, 0) is 0 Å². The van der Waals surface area contributed by atoms with E-state index in [1.807, 2.05) is 0 Å². The Morgan fingerprint density at radius 1 is 1.36 bits per heavy atom. The molecule has 0 aromatic heterocycles. The van der Waals surface area contributed by atoms with Crippen molar-refractivity contribution >= 4 is 0 Å². The van der Waals surface area contributed by atoms with E-state index in [1.165, 1.54) is 44.9 Å². The Bertz CT molecular complexity index is 198. The van der Waals surface area contributed by atoms with E-state index in [0.717, 1.165) is 5.92 Å². The van der Waals surface area contributed by atoms with Gasteiger partial charge < -0.3 is 0 Å². The summed E-state index contributed by atoms with van der Waals surface area (Å²) in [6.07, 6.45) is 16.4. The third-order valence-electron chi connectivity index (χ3n) is 3.13. The summed E-state index contributed by atoms with van der Waals surface area (Å²) in [7, 11) is 0. The highest BCUT2D eigenvalue weighted by Crippen LogP contribution is 2.26. The first kappa shape index (κ1) is 11.6. The first-order valence-corrected chi connectivity index (χ1v) is 6.18. The molecular weight excluding hydrogens is 168 g/mol. The Hall–Kier alpha value is -0.520. The van der Waals surface area contributed by atoms with Crippen LogP contribution in [0.15, 0.2) is 23.8 Å². The second-order valence-corrected chi connectivity index (χ2v) is 4.38. The van der Waals surface area contributed by atoms with Gasteiger partial charge in [0.05, 0.1) is 0 Å². The zero-order valence-corrected chi connectivity index (χ0v) is 9.76. The minimum Gasteiger partial charge on any atom is -0.0888 e. The van der Waals surface area contributed by atoms with Gasteiger partial charge in [-0.3, -0.25) is 0 Å². The Balaban J connectivity index is 2.23. The molecular formula is C14H24. The van der Waals surface area contributed by atoms with Crippen molar-refractivity contribution in [1.82, 2.24) is 0 Å². The second kappa shape index (κ2) is 6.86. The summed E-state index contributed by atoms with van der Waals surface area (Å²) in [4.78, 5) is 0. The number of hydrogen-bond acceptors (Lipinski definition) is 0. The number of hydrogen-bond donors (Lipinski definition) is 0. The van der Waals surface area contributed by atoms with E-state index >= 15 is 0 Å². The fourth-order valence-electron chi connectivity index (χ4n) is 2.13. The molecule has 80 valence electrons. The molecule has 0 spiro atoms. The molecule has 0 amide bonds. The lowest BCUT2D eigenvalue weighted by Crippen LogP contribution is -2.02. The lowest BCUT2D eigenvalue weighted by molar-refractivity contribution is 0.556. The van der Waals surface area contributed by atoms with E-state index in [9.17, 15) is 0 Å². The van der Waals surface area contributed by atoms with Crippen LogP contribution in [0, 0.1) is 5.92 Å². The van der Waals surface area contributed by atoms with Gasteiger partial charge in [-0.2, -0.15) is 0 Å². The van der Waals surface area contributed by atoms with Crippen LogP contribution >= 0.6 is 0 Å². The Kier molecular flexibility index (Phi) is 5.66. The molecule has 0 N–H and O–H groups in total. The molecule has 0 aliphatic heterocycles. The van der Waals surface area contributed by atoms with Gasteiger partial charge in [-0.05, 0) is 50.9 Å². The average molecular weight is 192 g/mol. The lowest BCUT2D eigenvalue weighted by atomic mass is 9.88. The molecule has 0 aromatic carbocycles. The minimum atomic E-state index is 0.816. The Morgan fingerprint density at radius 3 is 2.86 bits per heavy atom. The summed E-state index contributed by atoms with van der Waals surface area (Å²) in [5.74, 6) is 0.816. The zero-order valence-electron chi connectivity index (χ0n) is 9.76. The van der Waals surface area contributed by atoms with Crippen molar-refractivity contribution in [3.05, 3.63) is 23.8 Å². The van der Waals surface area contributed by atoms with Crippen molar-refractivity contribution in [1.29, 1.82) is 0 Å². The molecule has 1 unspecified atom stereocenters. The topological polar surface area (TPSA) is 0 Å². The third kappa shape index (κ3) is 4.13. The molecule has 0 fully saturated rings. The summed E-state index contributed by atoms with van der Waals surface area (Å²) in [6, 6.07) is 0. The van der Waals surface area contributed by atoms with E-state index < -0.39 is 0 Å². The highest BCUT2D eigenvalue weighted by Gasteiger charge is 2.10. The summed E-state index contributed by atoms with van der Waals surface area (Å²) >= 11 is 0.